The molecule has 0 saturated heterocycles. The van der Waals surface area contributed by atoms with E-state index >= 15 is 0 Å². The van der Waals surface area contributed by atoms with Gasteiger partial charge in [-0.3, -0.25) is 0 Å². The smallest absolute Gasteiger partial charge is 0.256 e. The van der Waals surface area contributed by atoms with Crippen LogP contribution in [0.3, 0.4) is 0 Å². The van der Waals surface area contributed by atoms with E-state index in [-0.39, 0.29) is 12.1 Å². The normalized spacial score (nSPS) is 12.7. The highest BCUT2D eigenvalue weighted by Crippen LogP contribution is 2.43. The molecule has 0 unspecified atom stereocenters. The Labute approximate surface area is 322 Å². The lowest BCUT2D eigenvalue weighted by Crippen LogP contribution is -2.58. The summed E-state index contributed by atoms with van der Waals surface area (Å²) in [5, 5.41) is 2.51. The van der Waals surface area contributed by atoms with Crippen LogP contribution < -0.4 is 21.1 Å². The molecular formula is C52H38BNO. The molecule has 2 aliphatic rings. The van der Waals surface area contributed by atoms with Crippen LogP contribution in [0, 0.1) is 0 Å². The zero-order valence-corrected chi connectivity index (χ0v) is 31.2. The Morgan fingerprint density at radius 3 is 1.71 bits per heavy atom. The molecule has 3 heteroatoms. The number of rotatable bonds is 4. The number of fused-ring (bicyclic) bond motifs is 7. The van der Waals surface area contributed by atoms with Gasteiger partial charge >= 0.3 is 0 Å². The molecule has 260 valence electrons. The van der Waals surface area contributed by atoms with Crippen molar-refractivity contribution in [3.05, 3.63) is 181 Å². The molecule has 3 heterocycles. The number of hydrogen-bond acceptors (Lipinski definition) is 1. The SMILES string of the molecule is CC(C)(C)c1ccc2c(c1)Oc1cccc3c1B2c1cc(-c2ccccc2-c2ccccc2)cc2c4cc(-c5ccccc5-c5ccccc5)ccc4n-3c12. The van der Waals surface area contributed by atoms with Gasteiger partial charge in [0.2, 0.25) is 0 Å². The molecule has 9 aromatic rings. The predicted molar refractivity (Wildman–Crippen MR) is 232 cm³/mol. The Kier molecular flexibility index (Phi) is 6.94. The molecule has 8 aromatic carbocycles. The van der Waals surface area contributed by atoms with Gasteiger partial charge in [-0.15, -0.1) is 0 Å². The summed E-state index contributed by atoms with van der Waals surface area (Å²) in [4.78, 5) is 0. The van der Waals surface area contributed by atoms with Crippen LogP contribution in [0.25, 0.3) is 72.0 Å². The summed E-state index contributed by atoms with van der Waals surface area (Å²) in [5.41, 5.74) is 18.5. The fourth-order valence-corrected chi connectivity index (χ4v) is 9.21. The number of nitrogens with zero attached hydrogens (tertiary/aromatic N) is 1. The highest BCUT2D eigenvalue weighted by atomic mass is 16.5. The fraction of sp³-hybridized carbons (Fsp3) is 0.0769. The van der Waals surface area contributed by atoms with Gasteiger partial charge < -0.3 is 9.30 Å². The van der Waals surface area contributed by atoms with Crippen molar-refractivity contribution in [2.24, 2.45) is 0 Å². The number of ether oxygens (including phenoxy) is 1. The van der Waals surface area contributed by atoms with Crippen molar-refractivity contribution < 1.29 is 4.74 Å². The van der Waals surface area contributed by atoms with Gasteiger partial charge in [-0.1, -0.05) is 160 Å². The minimum Gasteiger partial charge on any atom is -0.458 e. The average Bonchev–Trinajstić information content (AvgIpc) is 3.56. The van der Waals surface area contributed by atoms with Gasteiger partial charge in [0.05, 0.1) is 5.52 Å². The van der Waals surface area contributed by atoms with Crippen molar-refractivity contribution in [1.82, 2.24) is 4.57 Å². The summed E-state index contributed by atoms with van der Waals surface area (Å²) < 4.78 is 9.38. The maximum Gasteiger partial charge on any atom is 0.256 e. The van der Waals surface area contributed by atoms with E-state index < -0.39 is 0 Å². The van der Waals surface area contributed by atoms with E-state index in [1.54, 1.807) is 0 Å². The van der Waals surface area contributed by atoms with Crippen molar-refractivity contribution >= 4 is 44.9 Å². The largest absolute Gasteiger partial charge is 0.458 e. The Morgan fingerprint density at radius 1 is 0.455 bits per heavy atom. The number of aromatic nitrogens is 1. The van der Waals surface area contributed by atoms with E-state index in [4.69, 9.17) is 4.74 Å². The van der Waals surface area contributed by atoms with E-state index in [9.17, 15) is 0 Å². The molecule has 0 spiro atoms. The zero-order valence-electron chi connectivity index (χ0n) is 31.2. The third kappa shape index (κ3) is 4.89. The van der Waals surface area contributed by atoms with Gasteiger partial charge in [0.1, 0.15) is 11.5 Å². The zero-order chi connectivity index (χ0) is 36.8. The van der Waals surface area contributed by atoms with Gasteiger partial charge in [0, 0.05) is 22.0 Å². The van der Waals surface area contributed by atoms with Crippen molar-refractivity contribution in [2.75, 3.05) is 0 Å². The Hall–Kier alpha value is -6.58. The van der Waals surface area contributed by atoms with Crippen LogP contribution >= 0.6 is 0 Å². The highest BCUT2D eigenvalue weighted by molar-refractivity contribution is 6.99. The Morgan fingerprint density at radius 2 is 1.05 bits per heavy atom. The number of benzene rings is 8. The lowest BCUT2D eigenvalue weighted by atomic mass is 9.34. The van der Waals surface area contributed by atoms with Crippen molar-refractivity contribution in [3.63, 3.8) is 0 Å². The second kappa shape index (κ2) is 12.0. The Bertz CT molecular complexity index is 2990. The molecule has 0 aliphatic carbocycles. The maximum absolute atomic E-state index is 6.87. The molecule has 0 atom stereocenters. The fourth-order valence-electron chi connectivity index (χ4n) is 9.21. The van der Waals surface area contributed by atoms with Crippen molar-refractivity contribution in [1.29, 1.82) is 0 Å². The van der Waals surface area contributed by atoms with Gasteiger partial charge in [-0.2, -0.15) is 0 Å². The van der Waals surface area contributed by atoms with Crippen LogP contribution in [0.4, 0.5) is 0 Å². The molecule has 0 fully saturated rings. The average molecular weight is 704 g/mol. The first-order chi connectivity index (χ1) is 26.9. The van der Waals surface area contributed by atoms with Crippen molar-refractivity contribution in [2.45, 2.75) is 26.2 Å². The quantitative estimate of drug-likeness (QED) is 0.167. The van der Waals surface area contributed by atoms with Crippen LogP contribution in [0.2, 0.25) is 0 Å². The molecule has 0 N–H and O–H groups in total. The molecule has 0 saturated carbocycles. The first kappa shape index (κ1) is 31.9. The van der Waals surface area contributed by atoms with E-state index in [1.165, 1.54) is 94.0 Å². The van der Waals surface area contributed by atoms with Gasteiger partial charge in [0.15, 0.2) is 0 Å². The third-order valence-electron chi connectivity index (χ3n) is 11.8. The summed E-state index contributed by atoms with van der Waals surface area (Å²) in [6.45, 7) is 6.83. The van der Waals surface area contributed by atoms with Crippen LogP contribution in [0.15, 0.2) is 176 Å². The first-order valence-electron chi connectivity index (χ1n) is 19.3. The molecule has 0 amide bonds. The molecule has 0 bridgehead atoms. The predicted octanol–water partition coefficient (Wildman–Crippen LogP) is 11.7. The minimum absolute atomic E-state index is 0.00464. The summed E-state index contributed by atoms with van der Waals surface area (Å²) in [5.74, 6) is 1.89. The van der Waals surface area contributed by atoms with E-state index in [0.29, 0.717) is 0 Å². The molecule has 55 heavy (non-hydrogen) atoms. The molecule has 11 rings (SSSR count). The van der Waals surface area contributed by atoms with Crippen LogP contribution in [0.5, 0.6) is 11.5 Å². The van der Waals surface area contributed by atoms with E-state index in [0.717, 1.165) is 11.5 Å². The molecule has 2 aliphatic heterocycles. The van der Waals surface area contributed by atoms with E-state index in [1.807, 2.05) is 0 Å². The van der Waals surface area contributed by atoms with Gasteiger partial charge in [-0.05, 0) is 108 Å². The Balaban J connectivity index is 1.24. The standard InChI is InChI=1S/C52H38BNO/c1-52(2,3)37-26-27-44-49(32-37)55-48-24-14-23-47-50(48)53(44)45-31-36(41-22-13-11-20-39(41)34-17-8-5-9-18-34)30-43-42-29-35(25-28-46(42)54(47)51(43)45)40-21-12-10-19-38(40)33-15-6-4-7-16-33/h4-32H,1-3H3. The second-order valence-electron chi connectivity index (χ2n) is 16.1. The summed E-state index contributed by atoms with van der Waals surface area (Å²) >= 11 is 0. The monoisotopic (exact) mass is 703 g/mol. The van der Waals surface area contributed by atoms with Gasteiger partial charge in [-0.25, -0.2) is 0 Å². The molecule has 0 radical (unpaired) electrons. The van der Waals surface area contributed by atoms with Crippen LogP contribution in [-0.2, 0) is 5.41 Å². The highest BCUT2D eigenvalue weighted by Gasteiger charge is 2.41. The molecule has 2 nitrogen and oxygen atoms in total. The first-order valence-corrected chi connectivity index (χ1v) is 19.3. The summed E-state index contributed by atoms with van der Waals surface area (Å²) in [6, 6.07) is 64.7. The summed E-state index contributed by atoms with van der Waals surface area (Å²) in [6.07, 6.45) is 0. The van der Waals surface area contributed by atoms with E-state index in [2.05, 4.69) is 201 Å². The lowest BCUT2D eigenvalue weighted by Gasteiger charge is -2.34. The summed E-state index contributed by atoms with van der Waals surface area (Å²) in [7, 11) is 0. The molecular weight excluding hydrogens is 665 g/mol. The topological polar surface area (TPSA) is 14.2 Å². The van der Waals surface area contributed by atoms with Crippen LogP contribution in [-0.4, -0.2) is 11.3 Å². The lowest BCUT2D eigenvalue weighted by molar-refractivity contribution is 0.483. The molecule has 1 aromatic heterocycles. The van der Waals surface area contributed by atoms with Gasteiger partial charge in [0.25, 0.3) is 6.71 Å². The number of hydrogen-bond donors (Lipinski definition) is 0. The third-order valence-corrected chi connectivity index (χ3v) is 11.8. The minimum atomic E-state index is 0.00464. The van der Waals surface area contributed by atoms with Crippen molar-refractivity contribution in [3.8, 4) is 61.7 Å². The second-order valence-corrected chi connectivity index (χ2v) is 16.1. The van der Waals surface area contributed by atoms with Crippen LogP contribution in [0.1, 0.15) is 26.3 Å². The maximum atomic E-state index is 6.87.